The van der Waals surface area contributed by atoms with Gasteiger partial charge in [0.2, 0.25) is 5.82 Å². The smallest absolute Gasteiger partial charge is 0.331 e. The van der Waals surface area contributed by atoms with E-state index in [0.29, 0.717) is 23.7 Å². The van der Waals surface area contributed by atoms with Crippen molar-refractivity contribution in [1.29, 1.82) is 0 Å². The van der Waals surface area contributed by atoms with Crippen LogP contribution in [0, 0.1) is 6.92 Å². The Balaban J connectivity index is 1.84. The lowest BCUT2D eigenvalue weighted by molar-refractivity contribution is -0.148. The number of aryl methyl sites for hydroxylation is 1. The normalized spacial score (nSPS) is 15.8. The van der Waals surface area contributed by atoms with Crippen LogP contribution in [0.3, 0.4) is 0 Å². The molecule has 7 nitrogen and oxygen atoms in total. The number of carbonyl (C=O) groups is 2. The number of nitrogens with one attached hydrogen (secondary N) is 1. The Hall–Kier alpha value is -2.41. The zero-order valence-electron chi connectivity index (χ0n) is 14.1. The van der Waals surface area contributed by atoms with Gasteiger partial charge in [0.05, 0.1) is 12.8 Å². The first-order chi connectivity index (χ1) is 11.9. The first-order valence-corrected chi connectivity index (χ1v) is 8.43. The van der Waals surface area contributed by atoms with E-state index >= 15 is 0 Å². The molecular formula is C17H19ClN4O3. The fourth-order valence-corrected chi connectivity index (χ4v) is 3.27. The quantitative estimate of drug-likeness (QED) is 0.844. The number of methoxy groups -OCH3 is 1. The zero-order valence-corrected chi connectivity index (χ0v) is 14.8. The Morgan fingerprint density at radius 1 is 1.24 bits per heavy atom. The number of hydrogen-bond acceptors (Lipinski definition) is 5. The summed E-state index contributed by atoms with van der Waals surface area (Å²) in [4.78, 5) is 29.0. The van der Waals surface area contributed by atoms with Gasteiger partial charge in [0.1, 0.15) is 11.4 Å². The van der Waals surface area contributed by atoms with Crippen molar-refractivity contribution >= 4 is 23.5 Å². The van der Waals surface area contributed by atoms with Crippen molar-refractivity contribution < 1.29 is 14.3 Å². The molecule has 1 aliphatic rings. The van der Waals surface area contributed by atoms with E-state index in [2.05, 4.69) is 15.4 Å². The summed E-state index contributed by atoms with van der Waals surface area (Å²) in [6, 6.07) is 7.06. The van der Waals surface area contributed by atoms with Crippen LogP contribution in [0.2, 0.25) is 5.02 Å². The van der Waals surface area contributed by atoms with E-state index in [1.165, 1.54) is 7.11 Å². The molecule has 0 bridgehead atoms. The van der Waals surface area contributed by atoms with E-state index in [9.17, 15) is 9.59 Å². The maximum absolute atomic E-state index is 12.6. The average Bonchev–Trinajstić information content (AvgIpc) is 3.22. The van der Waals surface area contributed by atoms with Gasteiger partial charge in [0.15, 0.2) is 0 Å². The number of halogens is 1. The first kappa shape index (κ1) is 17.4. The summed E-state index contributed by atoms with van der Waals surface area (Å²) in [6.07, 6.45) is 2.84. The number of benzene rings is 1. The highest BCUT2D eigenvalue weighted by molar-refractivity contribution is 6.30. The number of amides is 1. The third-order valence-corrected chi connectivity index (χ3v) is 4.68. The zero-order chi connectivity index (χ0) is 18.0. The number of hydrogen-bond donors (Lipinski definition) is 1. The molecule has 0 atom stereocenters. The SMILES string of the molecule is COC(=O)C1(NC(=O)c2nc(C)n(-c3ccc(Cl)cc3)n2)CCCC1. The summed E-state index contributed by atoms with van der Waals surface area (Å²) in [5.74, 6) is -0.330. The number of carbonyl (C=O) groups excluding carboxylic acids is 2. The average molecular weight is 363 g/mol. The predicted molar refractivity (Wildman–Crippen MR) is 91.8 cm³/mol. The molecule has 3 rings (SSSR count). The minimum atomic E-state index is -0.981. The Morgan fingerprint density at radius 3 is 2.48 bits per heavy atom. The molecule has 0 spiro atoms. The van der Waals surface area contributed by atoms with Gasteiger partial charge in [0, 0.05) is 5.02 Å². The second-order valence-electron chi connectivity index (χ2n) is 6.11. The van der Waals surface area contributed by atoms with E-state index in [1.54, 1.807) is 35.9 Å². The number of aromatic nitrogens is 3. The summed E-state index contributed by atoms with van der Waals surface area (Å²) < 4.78 is 6.43. The van der Waals surface area contributed by atoms with Crippen LogP contribution in [0.5, 0.6) is 0 Å². The molecule has 1 aromatic heterocycles. The number of nitrogens with zero attached hydrogens (tertiary/aromatic N) is 3. The molecule has 0 radical (unpaired) electrons. The molecule has 25 heavy (non-hydrogen) atoms. The summed E-state index contributed by atoms with van der Waals surface area (Å²) in [5, 5.41) is 7.67. The third kappa shape index (κ3) is 3.37. The van der Waals surface area contributed by atoms with Crippen LogP contribution >= 0.6 is 11.6 Å². The fourth-order valence-electron chi connectivity index (χ4n) is 3.14. The Labute approximate surface area is 150 Å². The van der Waals surface area contributed by atoms with E-state index in [1.807, 2.05) is 0 Å². The van der Waals surface area contributed by atoms with Gasteiger partial charge < -0.3 is 10.1 Å². The second kappa shape index (κ2) is 6.84. The third-order valence-electron chi connectivity index (χ3n) is 4.43. The molecule has 1 saturated carbocycles. The van der Waals surface area contributed by atoms with Crippen molar-refractivity contribution in [2.75, 3.05) is 7.11 Å². The van der Waals surface area contributed by atoms with Crippen LogP contribution in [0.15, 0.2) is 24.3 Å². The minimum absolute atomic E-state index is 0.0163. The number of esters is 1. The molecule has 2 aromatic rings. The molecule has 1 fully saturated rings. The number of rotatable bonds is 4. The Bertz CT molecular complexity index is 795. The molecular weight excluding hydrogens is 344 g/mol. The van der Waals surface area contributed by atoms with Gasteiger partial charge in [-0.1, -0.05) is 24.4 Å². The summed E-state index contributed by atoms with van der Waals surface area (Å²) in [6.45, 7) is 1.75. The summed E-state index contributed by atoms with van der Waals surface area (Å²) in [5.41, 5.74) is -0.233. The van der Waals surface area contributed by atoms with E-state index in [-0.39, 0.29) is 5.82 Å². The molecule has 1 N–H and O–H groups in total. The fraction of sp³-hybridized carbons (Fsp3) is 0.412. The molecule has 0 aliphatic heterocycles. The monoisotopic (exact) mass is 362 g/mol. The van der Waals surface area contributed by atoms with Gasteiger partial charge in [0.25, 0.3) is 5.91 Å². The van der Waals surface area contributed by atoms with Gasteiger partial charge in [-0.3, -0.25) is 4.79 Å². The molecule has 1 heterocycles. The van der Waals surface area contributed by atoms with Gasteiger partial charge in [-0.15, -0.1) is 5.10 Å². The lowest BCUT2D eigenvalue weighted by Gasteiger charge is -2.26. The number of ether oxygens (including phenoxy) is 1. The van der Waals surface area contributed by atoms with Crippen LogP contribution in [-0.2, 0) is 9.53 Å². The van der Waals surface area contributed by atoms with Crippen LogP contribution in [-0.4, -0.2) is 39.3 Å². The van der Waals surface area contributed by atoms with Gasteiger partial charge >= 0.3 is 5.97 Å². The molecule has 0 saturated heterocycles. The van der Waals surface area contributed by atoms with Crippen molar-refractivity contribution in [2.24, 2.45) is 0 Å². The van der Waals surface area contributed by atoms with Gasteiger partial charge in [-0.2, -0.15) is 0 Å². The van der Waals surface area contributed by atoms with Crippen LogP contribution < -0.4 is 5.32 Å². The van der Waals surface area contributed by atoms with Crippen LogP contribution in [0.1, 0.15) is 42.1 Å². The molecule has 1 aromatic carbocycles. The summed E-state index contributed by atoms with van der Waals surface area (Å²) in [7, 11) is 1.33. The van der Waals surface area contributed by atoms with E-state index in [4.69, 9.17) is 16.3 Å². The first-order valence-electron chi connectivity index (χ1n) is 8.06. The second-order valence-corrected chi connectivity index (χ2v) is 6.54. The maximum Gasteiger partial charge on any atom is 0.331 e. The topological polar surface area (TPSA) is 86.1 Å². The van der Waals surface area contributed by atoms with E-state index in [0.717, 1.165) is 18.5 Å². The standard InChI is InChI=1S/C17H19ClN4O3/c1-11-19-14(21-22(11)13-7-5-12(18)6-8-13)15(23)20-17(16(24)25-2)9-3-4-10-17/h5-8H,3-4,9-10H2,1-2H3,(H,20,23). The lowest BCUT2D eigenvalue weighted by Crippen LogP contribution is -2.53. The predicted octanol–water partition coefficient (Wildman–Crippen LogP) is 2.44. The molecule has 0 unspecified atom stereocenters. The van der Waals surface area contributed by atoms with Crippen molar-refractivity contribution in [2.45, 2.75) is 38.1 Å². The largest absolute Gasteiger partial charge is 0.467 e. The van der Waals surface area contributed by atoms with Crippen LogP contribution in [0.4, 0.5) is 0 Å². The molecule has 132 valence electrons. The van der Waals surface area contributed by atoms with Gasteiger partial charge in [-0.25, -0.2) is 14.5 Å². The Kier molecular flexibility index (Phi) is 4.76. The highest BCUT2D eigenvalue weighted by Crippen LogP contribution is 2.31. The van der Waals surface area contributed by atoms with Crippen molar-refractivity contribution in [3.8, 4) is 5.69 Å². The molecule has 1 amide bonds. The highest BCUT2D eigenvalue weighted by Gasteiger charge is 2.44. The van der Waals surface area contributed by atoms with Crippen molar-refractivity contribution in [1.82, 2.24) is 20.1 Å². The van der Waals surface area contributed by atoms with E-state index < -0.39 is 17.4 Å². The summed E-state index contributed by atoms with van der Waals surface area (Å²) >= 11 is 5.90. The van der Waals surface area contributed by atoms with Crippen LogP contribution in [0.25, 0.3) is 5.69 Å². The van der Waals surface area contributed by atoms with Gasteiger partial charge in [-0.05, 0) is 44.0 Å². The van der Waals surface area contributed by atoms with Crippen molar-refractivity contribution in [3.05, 3.63) is 40.9 Å². The highest BCUT2D eigenvalue weighted by atomic mass is 35.5. The van der Waals surface area contributed by atoms with Crippen molar-refractivity contribution in [3.63, 3.8) is 0 Å². The maximum atomic E-state index is 12.6. The Morgan fingerprint density at radius 2 is 1.88 bits per heavy atom. The minimum Gasteiger partial charge on any atom is -0.467 e. The molecule has 8 heteroatoms. The molecule has 1 aliphatic carbocycles. The lowest BCUT2D eigenvalue weighted by atomic mass is 9.97.